The highest BCUT2D eigenvalue weighted by Gasteiger charge is 2.68. The van der Waals surface area contributed by atoms with Crippen LogP contribution in [0.3, 0.4) is 0 Å². The minimum atomic E-state index is -1.13. The molecule has 1 saturated heterocycles. The van der Waals surface area contributed by atoms with E-state index in [-0.39, 0.29) is 25.0 Å². The second-order valence-corrected chi connectivity index (χ2v) is 9.77. The zero-order valence-corrected chi connectivity index (χ0v) is 19.2. The molecule has 0 bridgehead atoms. The Labute approximate surface area is 194 Å². The normalized spacial score (nSPS) is 30.2. The third kappa shape index (κ3) is 3.52. The van der Waals surface area contributed by atoms with Crippen molar-refractivity contribution in [1.29, 1.82) is 0 Å². The van der Waals surface area contributed by atoms with Crippen LogP contribution in [0.2, 0.25) is 0 Å². The second-order valence-electron chi connectivity index (χ2n) is 9.77. The predicted molar refractivity (Wildman–Crippen MR) is 120 cm³/mol. The Bertz CT molecular complexity index is 1060. The average molecular weight is 451 g/mol. The summed E-state index contributed by atoms with van der Waals surface area (Å²) < 4.78 is 10.3. The largest absolute Gasteiger partial charge is 0.469 e. The van der Waals surface area contributed by atoms with Gasteiger partial charge in [0.25, 0.3) is 5.91 Å². The number of fused-ring (bicyclic) bond motifs is 3. The van der Waals surface area contributed by atoms with Gasteiger partial charge in [-0.15, -0.1) is 0 Å². The lowest BCUT2D eigenvalue weighted by Gasteiger charge is -2.46. The van der Waals surface area contributed by atoms with Crippen molar-refractivity contribution < 1.29 is 23.9 Å². The first kappa shape index (κ1) is 22.0. The number of hydrogen-bond donors (Lipinski definition) is 1. The Morgan fingerprint density at radius 1 is 1.18 bits per heavy atom. The molecule has 7 nitrogen and oxygen atoms in total. The van der Waals surface area contributed by atoms with Crippen LogP contribution in [0.4, 0.5) is 4.79 Å². The molecule has 1 atom stereocenters. The molecule has 1 N–H and O–H groups in total. The Morgan fingerprint density at radius 3 is 2.61 bits per heavy atom. The van der Waals surface area contributed by atoms with E-state index in [1.54, 1.807) is 7.11 Å². The van der Waals surface area contributed by atoms with Crippen molar-refractivity contribution in [3.05, 3.63) is 34.9 Å². The van der Waals surface area contributed by atoms with Gasteiger partial charge >= 0.3 is 12.0 Å². The lowest BCUT2D eigenvalue weighted by Crippen LogP contribution is -2.56. The van der Waals surface area contributed by atoms with Crippen molar-refractivity contribution >= 4 is 17.9 Å². The van der Waals surface area contributed by atoms with Crippen molar-refractivity contribution in [2.24, 2.45) is 11.3 Å². The SMILES string of the molecule is COC(=O)CCN1C(=O)NC2(C1=O)c1cc(C#CC3CC3)ccc1CC21CCC(OC)CC1. The maximum atomic E-state index is 14.0. The number of benzene rings is 1. The van der Waals surface area contributed by atoms with Gasteiger partial charge in [0, 0.05) is 30.6 Å². The molecule has 3 aliphatic carbocycles. The van der Waals surface area contributed by atoms with Crippen molar-refractivity contribution in [1.82, 2.24) is 10.2 Å². The summed E-state index contributed by atoms with van der Waals surface area (Å²) in [6.45, 7) is 0.00633. The molecule has 3 fully saturated rings. The van der Waals surface area contributed by atoms with E-state index in [4.69, 9.17) is 9.47 Å². The van der Waals surface area contributed by atoms with E-state index in [0.717, 1.165) is 61.6 Å². The molecule has 33 heavy (non-hydrogen) atoms. The Morgan fingerprint density at radius 2 is 1.94 bits per heavy atom. The number of urea groups is 1. The summed E-state index contributed by atoms with van der Waals surface area (Å²) >= 11 is 0. The number of carbonyl (C=O) groups excluding carboxylic acids is 3. The summed E-state index contributed by atoms with van der Waals surface area (Å²) in [6.07, 6.45) is 6.40. The number of amides is 3. The number of imide groups is 1. The van der Waals surface area contributed by atoms with Crippen LogP contribution >= 0.6 is 0 Å². The molecule has 0 radical (unpaired) electrons. The topological polar surface area (TPSA) is 84.9 Å². The Hall–Kier alpha value is -2.85. The average Bonchev–Trinajstić information content (AvgIpc) is 3.58. The summed E-state index contributed by atoms with van der Waals surface area (Å²) in [4.78, 5) is 40.0. The summed E-state index contributed by atoms with van der Waals surface area (Å²) in [5.41, 5.74) is 1.27. The molecule has 4 aliphatic rings. The van der Waals surface area contributed by atoms with Gasteiger partial charge in [0.05, 0.1) is 19.6 Å². The van der Waals surface area contributed by atoms with Gasteiger partial charge in [0.15, 0.2) is 5.54 Å². The van der Waals surface area contributed by atoms with Crippen LogP contribution in [-0.4, -0.2) is 49.7 Å². The van der Waals surface area contributed by atoms with Crippen LogP contribution in [0.5, 0.6) is 0 Å². The first-order valence-electron chi connectivity index (χ1n) is 11.8. The van der Waals surface area contributed by atoms with Crippen molar-refractivity contribution in [3.8, 4) is 11.8 Å². The fraction of sp³-hybridized carbons (Fsp3) is 0.577. The molecule has 1 unspecified atom stereocenters. The lowest BCUT2D eigenvalue weighted by atomic mass is 9.61. The molecule has 3 amide bonds. The van der Waals surface area contributed by atoms with E-state index in [1.807, 2.05) is 12.1 Å². The molecule has 1 aromatic rings. The maximum absolute atomic E-state index is 14.0. The van der Waals surface area contributed by atoms with Crippen molar-refractivity contribution in [2.75, 3.05) is 20.8 Å². The zero-order valence-electron chi connectivity index (χ0n) is 19.2. The molecule has 174 valence electrons. The van der Waals surface area contributed by atoms with Gasteiger partial charge in [-0.05, 0) is 68.2 Å². The van der Waals surface area contributed by atoms with Gasteiger partial charge in [0.1, 0.15) is 0 Å². The highest BCUT2D eigenvalue weighted by molar-refractivity contribution is 6.09. The molecule has 2 spiro atoms. The molecule has 1 aliphatic heterocycles. The smallest absolute Gasteiger partial charge is 0.325 e. The van der Waals surface area contributed by atoms with Crippen LogP contribution < -0.4 is 5.32 Å². The molecule has 2 saturated carbocycles. The number of nitrogens with one attached hydrogen (secondary N) is 1. The van der Waals surface area contributed by atoms with Crippen molar-refractivity contribution in [2.45, 2.75) is 63.0 Å². The molecule has 7 heteroatoms. The minimum Gasteiger partial charge on any atom is -0.469 e. The number of nitrogens with zero attached hydrogens (tertiary/aromatic N) is 1. The first-order valence-corrected chi connectivity index (χ1v) is 11.8. The van der Waals surface area contributed by atoms with E-state index < -0.39 is 23.0 Å². The monoisotopic (exact) mass is 450 g/mol. The fourth-order valence-corrected chi connectivity index (χ4v) is 5.91. The van der Waals surface area contributed by atoms with Crippen molar-refractivity contribution in [3.63, 3.8) is 0 Å². The molecular weight excluding hydrogens is 420 g/mol. The van der Waals surface area contributed by atoms with Crippen LogP contribution in [-0.2, 0) is 31.0 Å². The zero-order chi connectivity index (χ0) is 23.2. The maximum Gasteiger partial charge on any atom is 0.325 e. The highest BCUT2D eigenvalue weighted by Crippen LogP contribution is 2.60. The highest BCUT2D eigenvalue weighted by atomic mass is 16.5. The number of esters is 1. The van der Waals surface area contributed by atoms with Crippen LogP contribution in [0.15, 0.2) is 18.2 Å². The summed E-state index contributed by atoms with van der Waals surface area (Å²) in [6, 6.07) is 5.66. The summed E-state index contributed by atoms with van der Waals surface area (Å²) in [7, 11) is 3.03. The number of rotatable bonds is 4. The van der Waals surface area contributed by atoms with E-state index in [1.165, 1.54) is 12.0 Å². The second kappa shape index (κ2) is 8.18. The molecule has 1 aromatic carbocycles. The molecule has 0 aromatic heterocycles. The van der Waals surface area contributed by atoms with Gasteiger partial charge in [-0.2, -0.15) is 0 Å². The van der Waals surface area contributed by atoms with Crippen LogP contribution in [0, 0.1) is 23.2 Å². The molecular formula is C26H30N2O5. The Kier molecular flexibility index (Phi) is 5.44. The molecule has 1 heterocycles. The number of carbonyl (C=O) groups is 3. The Balaban J connectivity index is 1.55. The van der Waals surface area contributed by atoms with Gasteiger partial charge < -0.3 is 14.8 Å². The summed E-state index contributed by atoms with van der Waals surface area (Å²) in [5, 5.41) is 3.12. The number of ether oxygens (including phenoxy) is 2. The fourth-order valence-electron chi connectivity index (χ4n) is 5.91. The number of hydrogen-bond acceptors (Lipinski definition) is 5. The van der Waals surface area contributed by atoms with Crippen LogP contribution in [0.25, 0.3) is 0 Å². The van der Waals surface area contributed by atoms with Gasteiger partial charge in [-0.25, -0.2) is 4.79 Å². The molecule has 5 rings (SSSR count). The van der Waals surface area contributed by atoms with E-state index in [2.05, 4.69) is 23.2 Å². The third-order valence-corrected chi connectivity index (χ3v) is 7.93. The first-order chi connectivity index (χ1) is 15.9. The van der Waals surface area contributed by atoms with E-state index in [0.29, 0.717) is 5.92 Å². The van der Waals surface area contributed by atoms with E-state index in [9.17, 15) is 14.4 Å². The summed E-state index contributed by atoms with van der Waals surface area (Å²) in [5.74, 6) is 6.32. The van der Waals surface area contributed by atoms with Crippen LogP contribution in [0.1, 0.15) is 61.6 Å². The standard InChI is InChI=1S/C26H30N2O5/c1-32-20-9-12-25(13-10-20)16-19-8-7-18(6-5-17-3-4-17)15-21(19)26(25)23(30)28(24(31)27-26)14-11-22(29)33-2/h7-8,15,17,20H,3-4,9-14,16H2,1-2H3,(H,27,31). The van der Waals surface area contributed by atoms with Gasteiger partial charge in [-0.1, -0.05) is 17.9 Å². The number of methoxy groups -OCH3 is 2. The van der Waals surface area contributed by atoms with E-state index >= 15 is 0 Å². The quantitative estimate of drug-likeness (QED) is 0.433. The van der Waals surface area contributed by atoms with Gasteiger partial charge in [-0.3, -0.25) is 14.5 Å². The third-order valence-electron chi connectivity index (χ3n) is 7.93. The lowest BCUT2D eigenvalue weighted by molar-refractivity contribution is -0.142. The minimum absolute atomic E-state index is 0.00633. The predicted octanol–water partition coefficient (Wildman–Crippen LogP) is 2.89. The van der Waals surface area contributed by atoms with Gasteiger partial charge in [0.2, 0.25) is 0 Å².